The van der Waals surface area contributed by atoms with E-state index in [1.165, 1.54) is 0 Å². The second kappa shape index (κ2) is 9.14. The lowest BCUT2D eigenvalue weighted by atomic mass is 9.49. The van der Waals surface area contributed by atoms with Crippen molar-refractivity contribution < 1.29 is 42.1 Å². The lowest BCUT2D eigenvalue weighted by Crippen LogP contribution is -2.56. The third kappa shape index (κ3) is 6.78. The molecule has 0 aliphatic heterocycles. The van der Waals surface area contributed by atoms with Crippen LogP contribution in [0.5, 0.6) is 0 Å². The van der Waals surface area contributed by atoms with Gasteiger partial charge < -0.3 is 18.9 Å². The molecule has 32 heavy (non-hydrogen) atoms. The zero-order chi connectivity index (χ0) is 23.7. The minimum Gasteiger partial charge on any atom is -0.462 e. The minimum atomic E-state index is -3.10. The second-order valence-corrected chi connectivity index (χ2v) is 10.9. The molecular weight excluding hydrogens is 426 g/mol. The topological polar surface area (TPSA) is 88.1 Å². The van der Waals surface area contributed by atoms with E-state index in [1.807, 2.05) is 0 Å². The van der Waals surface area contributed by atoms with Crippen LogP contribution in [0, 0.1) is 23.2 Å². The first kappa shape index (κ1) is 24.7. The van der Waals surface area contributed by atoms with Crippen molar-refractivity contribution in [2.45, 2.75) is 90.3 Å². The van der Waals surface area contributed by atoms with Crippen molar-refractivity contribution in [2.24, 2.45) is 23.2 Å². The Morgan fingerprint density at radius 1 is 0.906 bits per heavy atom. The van der Waals surface area contributed by atoms with Gasteiger partial charge in [0.25, 0.3) is 5.92 Å². The summed E-state index contributed by atoms with van der Waals surface area (Å²) in [4.78, 5) is 35.9. The van der Waals surface area contributed by atoms with Crippen molar-refractivity contribution in [1.82, 2.24) is 0 Å². The average Bonchev–Trinajstić information content (AvgIpc) is 2.64. The van der Waals surface area contributed by atoms with E-state index >= 15 is 0 Å². The Kier molecular flexibility index (Phi) is 7.05. The predicted molar refractivity (Wildman–Crippen MR) is 109 cm³/mol. The molecule has 2 atom stereocenters. The van der Waals surface area contributed by atoms with E-state index in [0.717, 1.165) is 32.1 Å². The number of alkyl halides is 2. The number of halogens is 2. The van der Waals surface area contributed by atoms with Crippen LogP contribution in [0.4, 0.5) is 13.6 Å². The zero-order valence-corrected chi connectivity index (χ0v) is 19.3. The van der Waals surface area contributed by atoms with Crippen molar-refractivity contribution in [1.29, 1.82) is 0 Å². The fourth-order valence-electron chi connectivity index (χ4n) is 5.70. The first-order chi connectivity index (χ1) is 14.7. The van der Waals surface area contributed by atoms with E-state index in [2.05, 4.69) is 4.74 Å². The van der Waals surface area contributed by atoms with Gasteiger partial charge in [0.2, 0.25) is 0 Å². The minimum absolute atomic E-state index is 0.106. The molecule has 4 fully saturated rings. The molecule has 0 radical (unpaired) electrons. The highest BCUT2D eigenvalue weighted by Crippen LogP contribution is 2.60. The summed E-state index contributed by atoms with van der Waals surface area (Å²) >= 11 is 0. The highest BCUT2D eigenvalue weighted by molar-refractivity contribution is 5.77. The molecule has 4 aliphatic carbocycles. The van der Waals surface area contributed by atoms with Gasteiger partial charge in [-0.15, -0.1) is 0 Å². The molecule has 0 N–H and O–H groups in total. The third-order valence-corrected chi connectivity index (χ3v) is 6.49. The molecular formula is C23H34F2O7. The molecule has 4 saturated carbocycles. The van der Waals surface area contributed by atoms with Crippen molar-refractivity contribution in [3.63, 3.8) is 0 Å². The summed E-state index contributed by atoms with van der Waals surface area (Å²) in [5.74, 6) is -3.54. The Bertz CT molecular complexity index is 709. The zero-order valence-electron chi connectivity index (χ0n) is 19.3. The van der Waals surface area contributed by atoms with E-state index in [0.29, 0.717) is 19.4 Å². The first-order valence-corrected chi connectivity index (χ1v) is 11.3. The van der Waals surface area contributed by atoms with E-state index in [1.54, 1.807) is 20.8 Å². The number of hydrogen-bond acceptors (Lipinski definition) is 7. The van der Waals surface area contributed by atoms with E-state index in [4.69, 9.17) is 14.2 Å². The second-order valence-electron chi connectivity index (χ2n) is 10.9. The molecule has 2 unspecified atom stereocenters. The van der Waals surface area contributed by atoms with Gasteiger partial charge in [-0.3, -0.25) is 9.59 Å². The van der Waals surface area contributed by atoms with Gasteiger partial charge in [0.15, 0.2) is 6.61 Å². The highest BCUT2D eigenvalue weighted by Gasteiger charge is 2.57. The van der Waals surface area contributed by atoms with Gasteiger partial charge in [-0.1, -0.05) is 0 Å². The van der Waals surface area contributed by atoms with Gasteiger partial charge >= 0.3 is 18.1 Å². The molecule has 0 amide bonds. The average molecular weight is 461 g/mol. The van der Waals surface area contributed by atoms with Crippen molar-refractivity contribution in [2.75, 3.05) is 13.2 Å². The van der Waals surface area contributed by atoms with Gasteiger partial charge in [0, 0.05) is 12.3 Å². The molecule has 0 saturated heterocycles. The van der Waals surface area contributed by atoms with Gasteiger partial charge in [-0.2, -0.15) is 0 Å². The Morgan fingerprint density at radius 3 is 2.06 bits per heavy atom. The van der Waals surface area contributed by atoms with Crippen LogP contribution in [0.15, 0.2) is 0 Å². The van der Waals surface area contributed by atoms with Gasteiger partial charge in [-0.25, -0.2) is 13.6 Å². The number of ether oxygens (including phenoxy) is 4. The number of carbonyl (C=O) groups is 3. The number of hydrogen-bond donors (Lipinski definition) is 0. The molecule has 0 spiro atoms. The maximum absolute atomic E-state index is 12.8. The van der Waals surface area contributed by atoms with Crippen LogP contribution < -0.4 is 0 Å². The molecule has 9 heteroatoms. The van der Waals surface area contributed by atoms with Gasteiger partial charge in [-0.05, 0) is 70.6 Å². The third-order valence-electron chi connectivity index (χ3n) is 6.49. The molecule has 4 rings (SSSR count). The summed E-state index contributed by atoms with van der Waals surface area (Å²) in [5.41, 5.74) is -0.715. The highest BCUT2D eigenvalue weighted by atomic mass is 19.3. The van der Waals surface area contributed by atoms with Crippen LogP contribution in [-0.2, 0) is 28.5 Å². The molecule has 4 bridgehead atoms. The Labute approximate surface area is 187 Å². The molecule has 0 heterocycles. The summed E-state index contributed by atoms with van der Waals surface area (Å²) in [6, 6.07) is 0. The largest absolute Gasteiger partial charge is 0.508 e. The first-order valence-electron chi connectivity index (χ1n) is 11.3. The molecule has 4 aliphatic rings. The van der Waals surface area contributed by atoms with Crippen LogP contribution >= 0.6 is 0 Å². The van der Waals surface area contributed by atoms with Crippen molar-refractivity contribution in [3.8, 4) is 0 Å². The number of esters is 2. The van der Waals surface area contributed by atoms with Crippen LogP contribution in [0.1, 0.15) is 72.6 Å². The van der Waals surface area contributed by atoms with Crippen LogP contribution in [0.3, 0.4) is 0 Å². The maximum atomic E-state index is 12.8. The summed E-state index contributed by atoms with van der Waals surface area (Å²) in [7, 11) is 0. The Balaban J connectivity index is 1.47. The van der Waals surface area contributed by atoms with E-state index in [-0.39, 0.29) is 36.2 Å². The van der Waals surface area contributed by atoms with E-state index in [9.17, 15) is 23.2 Å². The normalized spacial score (nSPS) is 31.2. The summed E-state index contributed by atoms with van der Waals surface area (Å²) < 4.78 is 46.4. The quantitative estimate of drug-likeness (QED) is 0.385. The van der Waals surface area contributed by atoms with Crippen LogP contribution in [-0.4, -0.2) is 48.9 Å². The summed E-state index contributed by atoms with van der Waals surface area (Å²) in [5, 5.41) is 0. The maximum Gasteiger partial charge on any atom is 0.508 e. The molecule has 7 nitrogen and oxygen atoms in total. The Morgan fingerprint density at radius 2 is 1.50 bits per heavy atom. The van der Waals surface area contributed by atoms with E-state index < -0.39 is 36.2 Å². The lowest BCUT2D eigenvalue weighted by molar-refractivity contribution is -0.187. The molecule has 182 valence electrons. The van der Waals surface area contributed by atoms with Crippen LogP contribution in [0.2, 0.25) is 0 Å². The molecule has 0 aromatic rings. The lowest BCUT2D eigenvalue weighted by Gasteiger charge is -2.59. The summed E-state index contributed by atoms with van der Waals surface area (Å²) in [6.45, 7) is 5.33. The van der Waals surface area contributed by atoms with Gasteiger partial charge in [0.1, 0.15) is 18.3 Å². The molecule has 0 aromatic carbocycles. The molecule has 0 aromatic heterocycles. The SMILES string of the molecule is CC(F)(F)COC(=O)CCC(=O)OC1C2CC3CC1CC(COC(=O)OC(C)(C)C)(C3)C2. The fourth-order valence-corrected chi connectivity index (χ4v) is 5.70. The van der Waals surface area contributed by atoms with Crippen molar-refractivity contribution >= 4 is 18.1 Å². The van der Waals surface area contributed by atoms with Gasteiger partial charge in [0.05, 0.1) is 12.8 Å². The number of carbonyl (C=O) groups excluding carboxylic acids is 3. The van der Waals surface area contributed by atoms with Crippen LogP contribution in [0.25, 0.3) is 0 Å². The summed E-state index contributed by atoms with van der Waals surface area (Å²) in [6.07, 6.45) is 3.20. The fraction of sp³-hybridized carbons (Fsp3) is 0.870. The Hall–Kier alpha value is -1.93. The smallest absolute Gasteiger partial charge is 0.462 e. The predicted octanol–water partition coefficient (Wildman–Crippen LogP) is 4.65. The monoisotopic (exact) mass is 460 g/mol. The number of rotatable bonds is 8. The standard InChI is InChI=1S/C23H34F2O7/c1-21(2,3)32-20(28)30-13-23-9-14-7-15(10-23)19(16(8-14)11-23)31-18(27)6-5-17(26)29-12-22(4,24)25/h14-16,19H,5-13H2,1-4H3. The van der Waals surface area contributed by atoms with Crippen molar-refractivity contribution in [3.05, 3.63) is 0 Å².